The van der Waals surface area contributed by atoms with Crippen LogP contribution in [0.5, 0.6) is 0 Å². The van der Waals surface area contributed by atoms with Crippen molar-refractivity contribution in [3.63, 3.8) is 0 Å². The molecule has 2 aromatic rings. The van der Waals surface area contributed by atoms with Gasteiger partial charge in [-0.3, -0.25) is 0 Å². The molecule has 1 aromatic carbocycles. The maximum Gasteiger partial charge on any atom is 0.149 e. The Morgan fingerprint density at radius 1 is 1.35 bits per heavy atom. The summed E-state index contributed by atoms with van der Waals surface area (Å²) in [4.78, 5) is 4.07. The number of hydrogen-bond acceptors (Lipinski definition) is 4. The van der Waals surface area contributed by atoms with Crippen LogP contribution in [0.2, 0.25) is 5.02 Å². The molecule has 3 N–H and O–H groups in total. The molecule has 84 valence electrons. The van der Waals surface area contributed by atoms with Crippen LogP contribution in [0.25, 0.3) is 0 Å². The van der Waals surface area contributed by atoms with Gasteiger partial charge in [0.15, 0.2) is 0 Å². The summed E-state index contributed by atoms with van der Waals surface area (Å²) in [5.74, 6) is 0.476. The normalized spacial score (nSPS) is 9.65. The van der Waals surface area contributed by atoms with Crippen molar-refractivity contribution in [2.75, 3.05) is 11.1 Å². The van der Waals surface area contributed by atoms with Gasteiger partial charge in [-0.2, -0.15) is 5.26 Å². The molecule has 0 fully saturated rings. The molecule has 0 amide bonds. The lowest BCUT2D eigenvalue weighted by Crippen LogP contribution is -1.97. The fourth-order valence-corrected chi connectivity index (χ4v) is 1.58. The number of benzene rings is 1. The van der Waals surface area contributed by atoms with Gasteiger partial charge in [0.1, 0.15) is 11.9 Å². The third kappa shape index (κ3) is 2.47. The molecular weight excluding hydrogens is 236 g/mol. The second-order valence-electron chi connectivity index (χ2n) is 3.38. The van der Waals surface area contributed by atoms with Crippen molar-refractivity contribution in [3.8, 4) is 6.07 Å². The summed E-state index contributed by atoms with van der Waals surface area (Å²) in [5.41, 5.74) is 7.24. The molecule has 0 unspecified atom stereocenters. The molecule has 0 atom stereocenters. The van der Waals surface area contributed by atoms with Crippen LogP contribution >= 0.6 is 11.6 Å². The van der Waals surface area contributed by atoms with Gasteiger partial charge in [0.25, 0.3) is 0 Å². The van der Waals surface area contributed by atoms with E-state index in [9.17, 15) is 0 Å². The number of rotatable bonds is 2. The van der Waals surface area contributed by atoms with Gasteiger partial charge < -0.3 is 11.1 Å². The number of nitrogens with two attached hydrogens (primary N) is 1. The van der Waals surface area contributed by atoms with Gasteiger partial charge in [-0.1, -0.05) is 23.7 Å². The molecule has 0 bridgehead atoms. The van der Waals surface area contributed by atoms with Crippen molar-refractivity contribution in [1.29, 1.82) is 5.26 Å². The van der Waals surface area contributed by atoms with Crippen molar-refractivity contribution < 1.29 is 0 Å². The van der Waals surface area contributed by atoms with E-state index in [1.54, 1.807) is 24.3 Å². The zero-order valence-corrected chi connectivity index (χ0v) is 9.57. The molecule has 17 heavy (non-hydrogen) atoms. The zero-order valence-electron chi connectivity index (χ0n) is 8.81. The molecule has 0 radical (unpaired) electrons. The molecule has 1 heterocycles. The molecular formula is C12H9ClN4. The molecule has 0 aliphatic carbocycles. The first kappa shape index (κ1) is 11.2. The Hall–Kier alpha value is -2.25. The van der Waals surface area contributed by atoms with Gasteiger partial charge in [0.2, 0.25) is 0 Å². The van der Waals surface area contributed by atoms with E-state index in [1.807, 2.05) is 6.07 Å². The van der Waals surface area contributed by atoms with Gasteiger partial charge in [0, 0.05) is 0 Å². The summed E-state index contributed by atoms with van der Waals surface area (Å²) in [6.07, 6.45) is 1.50. The monoisotopic (exact) mass is 244 g/mol. The van der Waals surface area contributed by atoms with Crippen LogP contribution in [-0.2, 0) is 0 Å². The Morgan fingerprint density at radius 2 is 2.12 bits per heavy atom. The largest absolute Gasteiger partial charge is 0.397 e. The van der Waals surface area contributed by atoms with Crippen molar-refractivity contribution in [2.24, 2.45) is 0 Å². The molecule has 2 rings (SSSR count). The maximum absolute atomic E-state index is 8.95. The molecule has 0 aliphatic rings. The standard InChI is InChI=1S/C12H9ClN4/c13-10-5-9(15)7-16-12(10)17-11-4-2-1-3-8(11)6-14/h1-5,7H,15H2,(H,16,17). The number of nitrogen functional groups attached to an aromatic ring is 1. The van der Waals surface area contributed by atoms with E-state index >= 15 is 0 Å². The topological polar surface area (TPSA) is 74.7 Å². The van der Waals surface area contributed by atoms with Crippen molar-refractivity contribution in [3.05, 3.63) is 47.1 Å². The van der Waals surface area contributed by atoms with Crippen LogP contribution in [0.1, 0.15) is 5.56 Å². The summed E-state index contributed by atoms with van der Waals surface area (Å²) in [5, 5.41) is 12.4. The molecule has 4 nitrogen and oxygen atoms in total. The maximum atomic E-state index is 8.95. The van der Waals surface area contributed by atoms with E-state index in [0.717, 1.165) is 0 Å². The number of halogens is 1. The van der Waals surface area contributed by atoms with Crippen molar-refractivity contribution >= 4 is 28.8 Å². The number of aromatic nitrogens is 1. The zero-order chi connectivity index (χ0) is 12.3. The number of pyridine rings is 1. The minimum Gasteiger partial charge on any atom is -0.397 e. The van der Waals surface area contributed by atoms with Crippen LogP contribution in [0.3, 0.4) is 0 Å². The van der Waals surface area contributed by atoms with Crippen LogP contribution in [-0.4, -0.2) is 4.98 Å². The molecule has 1 aromatic heterocycles. The number of hydrogen-bond donors (Lipinski definition) is 2. The Kier molecular flexibility index (Phi) is 3.12. The predicted octanol–water partition coefficient (Wildman–Crippen LogP) is 2.93. The quantitative estimate of drug-likeness (QED) is 0.852. The van der Waals surface area contributed by atoms with Crippen LogP contribution < -0.4 is 11.1 Å². The Balaban J connectivity index is 2.35. The lowest BCUT2D eigenvalue weighted by atomic mass is 10.2. The fraction of sp³-hybridized carbons (Fsp3) is 0. The summed E-state index contributed by atoms with van der Waals surface area (Å²) in [6.45, 7) is 0. The highest BCUT2D eigenvalue weighted by Crippen LogP contribution is 2.26. The highest BCUT2D eigenvalue weighted by atomic mass is 35.5. The second-order valence-corrected chi connectivity index (χ2v) is 3.79. The average Bonchev–Trinajstić information content (AvgIpc) is 2.33. The predicted molar refractivity (Wildman–Crippen MR) is 68.1 cm³/mol. The lowest BCUT2D eigenvalue weighted by molar-refractivity contribution is 1.31. The molecule has 0 aliphatic heterocycles. The van der Waals surface area contributed by atoms with Crippen LogP contribution in [0, 0.1) is 11.3 Å². The first-order valence-corrected chi connectivity index (χ1v) is 5.25. The van der Waals surface area contributed by atoms with E-state index in [4.69, 9.17) is 22.6 Å². The summed E-state index contributed by atoms with van der Waals surface area (Å²) >= 11 is 5.99. The highest BCUT2D eigenvalue weighted by molar-refractivity contribution is 6.33. The third-order valence-electron chi connectivity index (χ3n) is 2.16. The summed E-state index contributed by atoms with van der Waals surface area (Å²) in [7, 11) is 0. The van der Waals surface area contributed by atoms with Gasteiger partial charge in [-0.05, 0) is 18.2 Å². The first-order chi connectivity index (χ1) is 8.20. The van der Waals surface area contributed by atoms with Crippen LogP contribution in [0.15, 0.2) is 36.5 Å². The number of nitriles is 1. The minimum atomic E-state index is 0.415. The Morgan fingerprint density at radius 3 is 2.82 bits per heavy atom. The summed E-state index contributed by atoms with van der Waals surface area (Å²) in [6, 6.07) is 10.8. The van der Waals surface area contributed by atoms with Gasteiger partial charge in [-0.25, -0.2) is 4.98 Å². The van der Waals surface area contributed by atoms with Crippen molar-refractivity contribution in [2.45, 2.75) is 0 Å². The van der Waals surface area contributed by atoms with Crippen molar-refractivity contribution in [1.82, 2.24) is 4.98 Å². The Labute approximate surface area is 104 Å². The fourth-order valence-electron chi connectivity index (χ4n) is 1.36. The highest BCUT2D eigenvalue weighted by Gasteiger charge is 2.05. The number of nitrogens with one attached hydrogen (secondary N) is 1. The second kappa shape index (κ2) is 4.73. The molecule has 0 spiro atoms. The minimum absolute atomic E-state index is 0.415. The van der Waals surface area contributed by atoms with E-state index in [-0.39, 0.29) is 0 Å². The summed E-state index contributed by atoms with van der Waals surface area (Å²) < 4.78 is 0. The third-order valence-corrected chi connectivity index (χ3v) is 2.45. The smallest absolute Gasteiger partial charge is 0.149 e. The molecule has 5 heteroatoms. The first-order valence-electron chi connectivity index (χ1n) is 4.88. The number of para-hydroxylation sites is 1. The average molecular weight is 245 g/mol. The van der Waals surface area contributed by atoms with E-state index < -0.39 is 0 Å². The van der Waals surface area contributed by atoms with Gasteiger partial charge in [-0.15, -0.1) is 0 Å². The Bertz CT molecular complexity index is 589. The van der Waals surface area contributed by atoms with E-state index in [1.165, 1.54) is 6.20 Å². The SMILES string of the molecule is N#Cc1ccccc1Nc1ncc(N)cc1Cl. The number of anilines is 3. The van der Waals surface area contributed by atoms with E-state index in [0.29, 0.717) is 27.8 Å². The van der Waals surface area contributed by atoms with Gasteiger partial charge in [0.05, 0.1) is 28.2 Å². The lowest BCUT2D eigenvalue weighted by Gasteiger charge is -2.08. The van der Waals surface area contributed by atoms with Crippen LogP contribution in [0.4, 0.5) is 17.2 Å². The molecule has 0 saturated carbocycles. The van der Waals surface area contributed by atoms with Gasteiger partial charge >= 0.3 is 0 Å². The molecule has 0 saturated heterocycles. The number of nitrogens with zero attached hydrogens (tertiary/aromatic N) is 2. The van der Waals surface area contributed by atoms with E-state index in [2.05, 4.69) is 16.4 Å².